The van der Waals surface area contributed by atoms with E-state index in [0.29, 0.717) is 5.92 Å². The average Bonchev–Trinajstić information content (AvgIpc) is 1.82. The first-order valence-electron chi connectivity index (χ1n) is 3.26. The number of hydrogen-bond acceptors (Lipinski definition) is 1. The molecule has 0 aromatic heterocycles. The summed E-state index contributed by atoms with van der Waals surface area (Å²) in [5.74, 6) is 0.563. The fraction of sp³-hybridized carbons (Fsp3) is 0.500. The van der Waals surface area contributed by atoms with Crippen molar-refractivity contribution in [3.63, 3.8) is 0 Å². The topological polar surface area (TPSA) is 12.0 Å². The van der Waals surface area contributed by atoms with E-state index < -0.39 is 0 Å². The van der Waals surface area contributed by atoms with Gasteiger partial charge < -0.3 is 5.32 Å². The van der Waals surface area contributed by atoms with Gasteiger partial charge in [-0.3, -0.25) is 0 Å². The lowest BCUT2D eigenvalue weighted by atomic mass is 10.1. The maximum atomic E-state index is 3.58. The van der Waals surface area contributed by atoms with Crippen molar-refractivity contribution in [2.24, 2.45) is 5.92 Å². The molecule has 0 fully saturated rings. The zero-order valence-electron chi connectivity index (χ0n) is 6.44. The Labute approximate surface area is 57.5 Å². The van der Waals surface area contributed by atoms with Crippen LogP contribution in [0.5, 0.6) is 0 Å². The van der Waals surface area contributed by atoms with Crippen molar-refractivity contribution < 1.29 is 0 Å². The van der Waals surface area contributed by atoms with Crippen LogP contribution in [-0.2, 0) is 0 Å². The molecule has 0 saturated heterocycles. The molecule has 1 nitrogen and oxygen atoms in total. The Hall–Kier alpha value is -0.720. The molecule has 52 valence electrons. The maximum absolute atomic E-state index is 3.58. The summed E-state index contributed by atoms with van der Waals surface area (Å²) in [4.78, 5) is 0. The van der Waals surface area contributed by atoms with Crippen molar-refractivity contribution in [1.29, 1.82) is 0 Å². The second kappa shape index (κ2) is 4.19. The quantitative estimate of drug-likeness (QED) is 0.610. The van der Waals surface area contributed by atoms with Crippen LogP contribution in [0.4, 0.5) is 0 Å². The summed E-state index contributed by atoms with van der Waals surface area (Å²) in [5.41, 5.74) is 1.23. The summed E-state index contributed by atoms with van der Waals surface area (Å²) in [5, 5.41) is 3.06. The van der Waals surface area contributed by atoms with Crippen molar-refractivity contribution >= 4 is 0 Å². The standard InChI is InChI=1S/C8H15N/c1-5-8(7(3)4)9-6-2/h5-7,9H,2H2,1,3-4H3/b8-5+. The van der Waals surface area contributed by atoms with Gasteiger partial charge in [0.05, 0.1) is 0 Å². The molecule has 1 N–H and O–H groups in total. The molecule has 9 heavy (non-hydrogen) atoms. The van der Waals surface area contributed by atoms with Crippen molar-refractivity contribution in [2.75, 3.05) is 0 Å². The third-order valence-corrected chi connectivity index (χ3v) is 1.20. The van der Waals surface area contributed by atoms with Gasteiger partial charge in [0.25, 0.3) is 0 Å². The zero-order chi connectivity index (χ0) is 7.28. The highest BCUT2D eigenvalue weighted by molar-refractivity contribution is 5.02. The SMILES string of the molecule is C=CN/C(=C/C)C(C)C. The van der Waals surface area contributed by atoms with Crippen LogP contribution < -0.4 is 5.32 Å². The number of rotatable bonds is 3. The molecular weight excluding hydrogens is 110 g/mol. The maximum Gasteiger partial charge on any atom is 0.0129 e. The summed E-state index contributed by atoms with van der Waals surface area (Å²) in [6.07, 6.45) is 3.77. The highest BCUT2D eigenvalue weighted by Gasteiger charge is 1.96. The van der Waals surface area contributed by atoms with E-state index in [1.807, 2.05) is 6.92 Å². The van der Waals surface area contributed by atoms with Crippen molar-refractivity contribution in [2.45, 2.75) is 20.8 Å². The number of allylic oxidation sites excluding steroid dienone is 2. The van der Waals surface area contributed by atoms with Gasteiger partial charge in [-0.25, -0.2) is 0 Å². The van der Waals surface area contributed by atoms with Gasteiger partial charge in [-0.2, -0.15) is 0 Å². The molecule has 0 amide bonds. The third kappa shape index (κ3) is 2.96. The summed E-state index contributed by atoms with van der Waals surface area (Å²) < 4.78 is 0. The Morgan fingerprint density at radius 2 is 2.11 bits per heavy atom. The molecule has 0 aromatic carbocycles. The molecule has 0 aliphatic carbocycles. The monoisotopic (exact) mass is 125 g/mol. The lowest BCUT2D eigenvalue weighted by Crippen LogP contribution is -2.09. The van der Waals surface area contributed by atoms with Gasteiger partial charge in [0.1, 0.15) is 0 Å². The predicted molar refractivity (Wildman–Crippen MR) is 41.9 cm³/mol. The first-order chi connectivity index (χ1) is 4.22. The van der Waals surface area contributed by atoms with Gasteiger partial charge in [0, 0.05) is 5.70 Å². The Kier molecular flexibility index (Phi) is 3.85. The average molecular weight is 125 g/mol. The minimum Gasteiger partial charge on any atom is -0.366 e. The predicted octanol–water partition coefficient (Wildman–Crippen LogP) is 2.28. The van der Waals surface area contributed by atoms with Crippen LogP contribution in [0, 0.1) is 5.92 Å². The summed E-state index contributed by atoms with van der Waals surface area (Å²) in [7, 11) is 0. The van der Waals surface area contributed by atoms with E-state index in [4.69, 9.17) is 0 Å². The van der Waals surface area contributed by atoms with Crippen LogP contribution in [0.1, 0.15) is 20.8 Å². The molecule has 1 heteroatoms. The number of hydrogen-bond donors (Lipinski definition) is 1. The summed E-state index contributed by atoms with van der Waals surface area (Å²) in [6.45, 7) is 9.89. The molecule has 0 heterocycles. The van der Waals surface area contributed by atoms with Crippen LogP contribution in [0.15, 0.2) is 24.6 Å². The van der Waals surface area contributed by atoms with Crippen LogP contribution in [0.2, 0.25) is 0 Å². The molecule has 0 aliphatic heterocycles. The molecule has 0 aromatic rings. The van der Waals surface area contributed by atoms with E-state index in [1.165, 1.54) is 5.70 Å². The van der Waals surface area contributed by atoms with Crippen LogP contribution in [-0.4, -0.2) is 0 Å². The van der Waals surface area contributed by atoms with E-state index in [-0.39, 0.29) is 0 Å². The fourth-order valence-corrected chi connectivity index (χ4v) is 0.701. The lowest BCUT2D eigenvalue weighted by molar-refractivity contribution is 0.713. The van der Waals surface area contributed by atoms with Crippen LogP contribution in [0.25, 0.3) is 0 Å². The number of nitrogens with one attached hydrogen (secondary N) is 1. The lowest BCUT2D eigenvalue weighted by Gasteiger charge is -2.08. The van der Waals surface area contributed by atoms with Crippen LogP contribution >= 0.6 is 0 Å². The molecule has 0 radical (unpaired) electrons. The molecule has 0 spiro atoms. The minimum absolute atomic E-state index is 0.563. The van der Waals surface area contributed by atoms with E-state index in [9.17, 15) is 0 Å². The molecular formula is C8H15N. The third-order valence-electron chi connectivity index (χ3n) is 1.20. The molecule has 0 saturated carbocycles. The van der Waals surface area contributed by atoms with Gasteiger partial charge in [-0.15, -0.1) is 0 Å². The van der Waals surface area contributed by atoms with Crippen molar-refractivity contribution in [3.8, 4) is 0 Å². The molecule has 0 unspecified atom stereocenters. The second-order valence-electron chi connectivity index (χ2n) is 2.25. The van der Waals surface area contributed by atoms with Gasteiger partial charge in [-0.1, -0.05) is 26.5 Å². The highest BCUT2D eigenvalue weighted by Crippen LogP contribution is 2.03. The van der Waals surface area contributed by atoms with Gasteiger partial charge in [0.2, 0.25) is 0 Å². The Morgan fingerprint density at radius 1 is 1.56 bits per heavy atom. The van der Waals surface area contributed by atoms with E-state index >= 15 is 0 Å². The van der Waals surface area contributed by atoms with Crippen molar-refractivity contribution in [3.05, 3.63) is 24.6 Å². The minimum atomic E-state index is 0.563. The van der Waals surface area contributed by atoms with Crippen molar-refractivity contribution in [1.82, 2.24) is 5.32 Å². The molecule has 0 aliphatic rings. The largest absolute Gasteiger partial charge is 0.366 e. The molecule has 0 atom stereocenters. The van der Waals surface area contributed by atoms with E-state index in [0.717, 1.165) is 0 Å². The smallest absolute Gasteiger partial charge is 0.0129 e. The van der Waals surface area contributed by atoms with E-state index in [2.05, 4.69) is 31.8 Å². The fourth-order valence-electron chi connectivity index (χ4n) is 0.701. The zero-order valence-corrected chi connectivity index (χ0v) is 6.44. The van der Waals surface area contributed by atoms with E-state index in [1.54, 1.807) is 6.20 Å². The molecule has 0 bridgehead atoms. The summed E-state index contributed by atoms with van der Waals surface area (Å²) in [6, 6.07) is 0. The summed E-state index contributed by atoms with van der Waals surface area (Å²) >= 11 is 0. The van der Waals surface area contributed by atoms with Gasteiger partial charge >= 0.3 is 0 Å². The first kappa shape index (κ1) is 8.28. The van der Waals surface area contributed by atoms with Gasteiger partial charge in [-0.05, 0) is 19.0 Å². The highest BCUT2D eigenvalue weighted by atomic mass is 14.8. The normalized spacial score (nSPS) is 11.8. The van der Waals surface area contributed by atoms with Gasteiger partial charge in [0.15, 0.2) is 0 Å². The first-order valence-corrected chi connectivity index (χ1v) is 3.26. The second-order valence-corrected chi connectivity index (χ2v) is 2.25. The molecule has 0 rings (SSSR count). The van der Waals surface area contributed by atoms with Crippen LogP contribution in [0.3, 0.4) is 0 Å². The Bertz CT molecular complexity index is 112. The Balaban J connectivity index is 3.84. The Morgan fingerprint density at radius 3 is 2.22 bits per heavy atom.